The van der Waals surface area contributed by atoms with Gasteiger partial charge in [-0.3, -0.25) is 0 Å². The van der Waals surface area contributed by atoms with Crippen LogP contribution in [0.15, 0.2) is 12.1 Å². The molecule has 1 aromatic carbocycles. The Balaban J connectivity index is 2.90. The fraction of sp³-hybridized carbons (Fsp3) is 0.333. The zero-order valence-electron chi connectivity index (χ0n) is 7.11. The van der Waals surface area contributed by atoms with Crippen molar-refractivity contribution in [2.45, 2.75) is 13.5 Å². The van der Waals surface area contributed by atoms with Gasteiger partial charge in [-0.2, -0.15) is 0 Å². The molecular formula is C9H9F3O. The summed E-state index contributed by atoms with van der Waals surface area (Å²) in [5.41, 5.74) is 0.0285. The monoisotopic (exact) mass is 190 g/mol. The van der Waals surface area contributed by atoms with E-state index in [1.54, 1.807) is 6.92 Å². The smallest absolute Gasteiger partial charge is 0.194 e. The number of hydrogen-bond donors (Lipinski definition) is 0. The summed E-state index contributed by atoms with van der Waals surface area (Å²) in [4.78, 5) is 0. The van der Waals surface area contributed by atoms with Crippen molar-refractivity contribution in [3.05, 3.63) is 35.1 Å². The van der Waals surface area contributed by atoms with Crippen LogP contribution < -0.4 is 0 Å². The molecule has 0 fully saturated rings. The van der Waals surface area contributed by atoms with Crippen LogP contribution in [0, 0.1) is 17.5 Å². The number of hydrogen-bond acceptors (Lipinski definition) is 1. The molecule has 72 valence electrons. The maximum atomic E-state index is 12.9. The molecule has 0 radical (unpaired) electrons. The second kappa shape index (κ2) is 4.28. The fourth-order valence-corrected chi connectivity index (χ4v) is 0.889. The fourth-order valence-electron chi connectivity index (χ4n) is 0.889. The number of rotatable bonds is 3. The predicted octanol–water partition coefficient (Wildman–Crippen LogP) is 2.64. The summed E-state index contributed by atoms with van der Waals surface area (Å²) in [5, 5.41) is 0. The molecule has 0 aliphatic heterocycles. The van der Waals surface area contributed by atoms with Crippen LogP contribution in [0.1, 0.15) is 12.5 Å². The van der Waals surface area contributed by atoms with Crippen molar-refractivity contribution < 1.29 is 17.9 Å². The van der Waals surface area contributed by atoms with E-state index in [4.69, 9.17) is 4.74 Å². The van der Waals surface area contributed by atoms with Gasteiger partial charge in [0, 0.05) is 12.2 Å². The van der Waals surface area contributed by atoms with E-state index in [9.17, 15) is 13.2 Å². The molecule has 0 N–H and O–H groups in total. The Bertz CT molecular complexity index is 299. The zero-order chi connectivity index (χ0) is 9.84. The molecule has 0 atom stereocenters. The number of halogens is 3. The van der Waals surface area contributed by atoms with Crippen LogP contribution in [0.2, 0.25) is 0 Å². The Kier molecular flexibility index (Phi) is 3.31. The first-order valence-corrected chi connectivity index (χ1v) is 3.87. The minimum absolute atomic E-state index is 0.0285. The molecule has 0 spiro atoms. The van der Waals surface area contributed by atoms with Gasteiger partial charge in [0.15, 0.2) is 17.5 Å². The van der Waals surface area contributed by atoms with Crippen LogP contribution in [-0.4, -0.2) is 6.61 Å². The molecule has 0 aliphatic carbocycles. The van der Waals surface area contributed by atoms with Gasteiger partial charge >= 0.3 is 0 Å². The van der Waals surface area contributed by atoms with Gasteiger partial charge in [-0.1, -0.05) is 6.07 Å². The van der Waals surface area contributed by atoms with Crippen molar-refractivity contribution in [2.24, 2.45) is 0 Å². The third-order valence-electron chi connectivity index (χ3n) is 1.58. The van der Waals surface area contributed by atoms with Crippen LogP contribution >= 0.6 is 0 Å². The molecule has 0 aliphatic rings. The van der Waals surface area contributed by atoms with Crippen LogP contribution in [-0.2, 0) is 11.3 Å². The third kappa shape index (κ3) is 2.21. The van der Waals surface area contributed by atoms with Crippen LogP contribution in [0.3, 0.4) is 0 Å². The summed E-state index contributed by atoms with van der Waals surface area (Å²) in [6.07, 6.45) is 0. The molecule has 0 saturated carbocycles. The SMILES string of the molecule is CCOCc1ccc(F)c(F)c1F. The Morgan fingerprint density at radius 3 is 2.46 bits per heavy atom. The van der Waals surface area contributed by atoms with Gasteiger partial charge in [-0.25, -0.2) is 13.2 Å². The summed E-state index contributed by atoms with van der Waals surface area (Å²) in [5.74, 6) is -3.80. The largest absolute Gasteiger partial charge is 0.377 e. The quantitative estimate of drug-likeness (QED) is 0.666. The highest BCUT2D eigenvalue weighted by atomic mass is 19.2. The maximum absolute atomic E-state index is 12.9. The highest BCUT2D eigenvalue weighted by Crippen LogP contribution is 2.15. The van der Waals surface area contributed by atoms with E-state index in [2.05, 4.69) is 0 Å². The summed E-state index contributed by atoms with van der Waals surface area (Å²) in [6, 6.07) is 2.05. The Labute approximate surface area is 74.1 Å². The molecule has 1 aromatic rings. The van der Waals surface area contributed by atoms with E-state index in [1.807, 2.05) is 0 Å². The molecule has 0 amide bonds. The van der Waals surface area contributed by atoms with E-state index in [0.29, 0.717) is 6.61 Å². The Hall–Kier alpha value is -1.03. The topological polar surface area (TPSA) is 9.23 Å². The lowest BCUT2D eigenvalue weighted by Gasteiger charge is -2.03. The summed E-state index contributed by atoms with van der Waals surface area (Å²) in [7, 11) is 0. The van der Waals surface area contributed by atoms with Crippen molar-refractivity contribution in [3.63, 3.8) is 0 Å². The van der Waals surface area contributed by atoms with Gasteiger partial charge in [-0.05, 0) is 13.0 Å². The van der Waals surface area contributed by atoms with Gasteiger partial charge in [0.2, 0.25) is 0 Å². The zero-order valence-corrected chi connectivity index (χ0v) is 7.11. The second-order valence-corrected chi connectivity index (χ2v) is 2.47. The molecule has 1 rings (SSSR count). The lowest BCUT2D eigenvalue weighted by Crippen LogP contribution is -2.00. The lowest BCUT2D eigenvalue weighted by atomic mass is 10.2. The minimum atomic E-state index is -1.45. The summed E-state index contributed by atoms with van der Waals surface area (Å²) in [6.45, 7) is 2.09. The Morgan fingerprint density at radius 2 is 1.85 bits per heavy atom. The van der Waals surface area contributed by atoms with Crippen LogP contribution in [0.5, 0.6) is 0 Å². The Morgan fingerprint density at radius 1 is 1.15 bits per heavy atom. The summed E-state index contributed by atoms with van der Waals surface area (Å²) >= 11 is 0. The van der Waals surface area contributed by atoms with Crippen LogP contribution in [0.25, 0.3) is 0 Å². The lowest BCUT2D eigenvalue weighted by molar-refractivity contribution is 0.130. The number of ether oxygens (including phenoxy) is 1. The first-order chi connectivity index (χ1) is 6.16. The van der Waals surface area contributed by atoms with E-state index in [0.717, 1.165) is 6.07 Å². The van der Waals surface area contributed by atoms with Crippen LogP contribution in [0.4, 0.5) is 13.2 Å². The molecule has 1 nitrogen and oxygen atoms in total. The van der Waals surface area contributed by atoms with Gasteiger partial charge in [0.05, 0.1) is 6.61 Å². The molecule has 0 saturated heterocycles. The van der Waals surface area contributed by atoms with Gasteiger partial charge in [0.1, 0.15) is 0 Å². The molecule has 0 heterocycles. The highest BCUT2D eigenvalue weighted by Gasteiger charge is 2.12. The third-order valence-corrected chi connectivity index (χ3v) is 1.58. The first-order valence-electron chi connectivity index (χ1n) is 3.87. The van der Waals surface area contributed by atoms with E-state index < -0.39 is 17.5 Å². The highest BCUT2D eigenvalue weighted by molar-refractivity contribution is 5.19. The van der Waals surface area contributed by atoms with Gasteiger partial charge in [-0.15, -0.1) is 0 Å². The standard InChI is InChI=1S/C9H9F3O/c1-2-13-5-6-3-4-7(10)9(12)8(6)11/h3-4H,2,5H2,1H3. The molecule has 0 aromatic heterocycles. The molecule has 0 bridgehead atoms. The maximum Gasteiger partial charge on any atom is 0.194 e. The second-order valence-electron chi connectivity index (χ2n) is 2.47. The molecule has 13 heavy (non-hydrogen) atoms. The summed E-state index contributed by atoms with van der Waals surface area (Å²) < 4.78 is 42.8. The average molecular weight is 190 g/mol. The average Bonchev–Trinajstić information content (AvgIpc) is 2.13. The predicted molar refractivity (Wildman–Crippen MR) is 41.6 cm³/mol. The molecule has 0 unspecified atom stereocenters. The van der Waals surface area contributed by atoms with Crippen molar-refractivity contribution in [1.82, 2.24) is 0 Å². The number of benzene rings is 1. The van der Waals surface area contributed by atoms with Crippen molar-refractivity contribution >= 4 is 0 Å². The molecular weight excluding hydrogens is 181 g/mol. The van der Waals surface area contributed by atoms with Gasteiger partial charge < -0.3 is 4.74 Å². The van der Waals surface area contributed by atoms with Crippen molar-refractivity contribution in [1.29, 1.82) is 0 Å². The first kappa shape index (κ1) is 10.1. The van der Waals surface area contributed by atoms with E-state index in [-0.39, 0.29) is 12.2 Å². The van der Waals surface area contributed by atoms with Crippen molar-refractivity contribution in [3.8, 4) is 0 Å². The van der Waals surface area contributed by atoms with E-state index >= 15 is 0 Å². The van der Waals surface area contributed by atoms with Crippen molar-refractivity contribution in [2.75, 3.05) is 6.61 Å². The van der Waals surface area contributed by atoms with E-state index in [1.165, 1.54) is 6.07 Å². The molecule has 4 heteroatoms. The van der Waals surface area contributed by atoms with Gasteiger partial charge in [0.25, 0.3) is 0 Å². The normalized spacial score (nSPS) is 10.5. The minimum Gasteiger partial charge on any atom is -0.377 e.